The number of piperidine rings is 1. The Kier molecular flexibility index (Phi) is 5.35. The number of rotatable bonds is 4. The van der Waals surface area contributed by atoms with E-state index in [-0.39, 0.29) is 39.9 Å². The molecule has 1 aliphatic carbocycles. The molecule has 2 aromatic heterocycles. The maximum Gasteiger partial charge on any atom is 0.267 e. The van der Waals surface area contributed by atoms with Crippen LogP contribution < -0.4 is 5.73 Å². The summed E-state index contributed by atoms with van der Waals surface area (Å²) in [5, 5.41) is 12.8. The summed E-state index contributed by atoms with van der Waals surface area (Å²) in [7, 11) is 2.14. The van der Waals surface area contributed by atoms with Crippen LogP contribution in [0, 0.1) is 18.2 Å². The molecule has 1 aromatic carbocycles. The van der Waals surface area contributed by atoms with Gasteiger partial charge in [0.1, 0.15) is 5.69 Å². The van der Waals surface area contributed by atoms with Crippen molar-refractivity contribution in [3.63, 3.8) is 0 Å². The Balaban J connectivity index is 1.38. The fraction of sp³-hybridized carbons (Fsp3) is 0.478. The van der Waals surface area contributed by atoms with Gasteiger partial charge in [-0.15, -0.1) is 0 Å². The van der Waals surface area contributed by atoms with Crippen molar-refractivity contribution >= 4 is 17.0 Å². The first kappa shape index (κ1) is 21.8. The molecule has 1 aliphatic heterocycles. The van der Waals surface area contributed by atoms with Crippen LogP contribution >= 0.6 is 0 Å². The molecule has 0 unspecified atom stereocenters. The Hall–Kier alpha value is -3.01. The van der Waals surface area contributed by atoms with Crippen LogP contribution in [-0.4, -0.2) is 45.7 Å². The first-order valence-electron chi connectivity index (χ1n) is 11.1. The minimum atomic E-state index is -2.75. The molecule has 1 saturated carbocycles. The molecule has 0 atom stereocenters. The molecule has 7 nitrogen and oxygen atoms in total. The molecule has 2 aliphatic rings. The number of imidazole rings is 1. The molecule has 3 aromatic rings. The van der Waals surface area contributed by atoms with E-state index in [4.69, 9.17) is 5.73 Å². The summed E-state index contributed by atoms with van der Waals surface area (Å²) in [6, 6.07) is 3.99. The molecular weight excluding hydrogens is 431 g/mol. The van der Waals surface area contributed by atoms with E-state index in [1.807, 2.05) is 0 Å². The highest BCUT2D eigenvalue weighted by molar-refractivity contribution is 5.74. The topological polar surface area (TPSA) is 84.2 Å². The first-order valence-corrected chi connectivity index (χ1v) is 11.1. The van der Waals surface area contributed by atoms with Crippen molar-refractivity contribution in [1.82, 2.24) is 19.5 Å². The SMILES string of the molecule is Cc1cn2nc(-c3cc(N)c(N=NC4CC5(CCN(C)CC5)C4)c(F)c3)cc(C(F)F)c2n1. The quantitative estimate of drug-likeness (QED) is 0.424. The average Bonchev–Trinajstić information content (AvgIpc) is 3.12. The molecular formula is C23H26F3N7. The number of nitrogens with zero attached hydrogens (tertiary/aromatic N) is 6. The van der Waals surface area contributed by atoms with Crippen LogP contribution in [0.5, 0.6) is 0 Å². The minimum Gasteiger partial charge on any atom is -0.397 e. The Morgan fingerprint density at radius 2 is 1.91 bits per heavy atom. The van der Waals surface area contributed by atoms with Crippen molar-refractivity contribution in [2.24, 2.45) is 15.6 Å². The summed E-state index contributed by atoms with van der Waals surface area (Å²) in [5.74, 6) is -0.663. The molecule has 1 spiro atoms. The van der Waals surface area contributed by atoms with Crippen molar-refractivity contribution in [2.75, 3.05) is 25.9 Å². The number of azo groups is 1. The van der Waals surface area contributed by atoms with Crippen molar-refractivity contribution < 1.29 is 13.2 Å². The highest BCUT2D eigenvalue weighted by Crippen LogP contribution is 2.50. The zero-order chi connectivity index (χ0) is 23.3. The Morgan fingerprint density at radius 1 is 1.18 bits per heavy atom. The van der Waals surface area contributed by atoms with Crippen molar-refractivity contribution in [3.05, 3.63) is 41.5 Å². The molecule has 174 valence electrons. The van der Waals surface area contributed by atoms with Gasteiger partial charge in [0.2, 0.25) is 0 Å². The van der Waals surface area contributed by atoms with Crippen LogP contribution in [0.3, 0.4) is 0 Å². The Labute approximate surface area is 189 Å². The van der Waals surface area contributed by atoms with Gasteiger partial charge in [0.15, 0.2) is 11.5 Å². The normalized spacial score (nSPS) is 19.2. The number of nitrogen functional groups attached to an aromatic ring is 1. The largest absolute Gasteiger partial charge is 0.397 e. The lowest BCUT2D eigenvalue weighted by atomic mass is 9.61. The predicted molar refractivity (Wildman–Crippen MR) is 119 cm³/mol. The number of alkyl halides is 2. The standard InChI is InChI=1S/C23H26F3N7/c1-13-12-33-22(28-13)16(21(25)26)9-19(31-33)14-7-17(24)20(18(27)8-14)30-29-15-10-23(11-15)3-5-32(2)6-4-23/h7-9,12,15,21H,3-6,10-11,27H2,1-2H3. The molecule has 2 N–H and O–H groups in total. The number of hydrogen-bond acceptors (Lipinski definition) is 6. The van der Waals surface area contributed by atoms with Gasteiger partial charge in [-0.05, 0) is 76.4 Å². The number of hydrogen-bond donors (Lipinski definition) is 1. The van der Waals surface area contributed by atoms with E-state index < -0.39 is 12.2 Å². The maximum absolute atomic E-state index is 14.9. The lowest BCUT2D eigenvalue weighted by Crippen LogP contribution is -2.47. The maximum atomic E-state index is 14.9. The third-order valence-corrected chi connectivity index (χ3v) is 6.90. The van der Waals surface area contributed by atoms with Gasteiger partial charge < -0.3 is 10.6 Å². The van der Waals surface area contributed by atoms with E-state index in [9.17, 15) is 13.2 Å². The molecule has 2 fully saturated rings. The van der Waals surface area contributed by atoms with Gasteiger partial charge in [-0.2, -0.15) is 15.3 Å². The highest BCUT2D eigenvalue weighted by atomic mass is 19.3. The number of likely N-dealkylation sites (tertiary alicyclic amines) is 1. The number of nitrogens with two attached hydrogens (primary N) is 1. The van der Waals surface area contributed by atoms with E-state index in [2.05, 4.69) is 32.3 Å². The van der Waals surface area contributed by atoms with Gasteiger partial charge >= 0.3 is 0 Å². The average molecular weight is 458 g/mol. The number of anilines is 1. The smallest absolute Gasteiger partial charge is 0.267 e. The third-order valence-electron chi connectivity index (χ3n) is 6.90. The van der Waals surface area contributed by atoms with Crippen LogP contribution in [0.15, 0.2) is 34.6 Å². The Bertz CT molecular complexity index is 1200. The van der Waals surface area contributed by atoms with E-state index in [0.717, 1.165) is 38.8 Å². The second-order valence-corrected chi connectivity index (χ2v) is 9.41. The molecule has 3 heterocycles. The fourth-order valence-electron chi connectivity index (χ4n) is 4.95. The van der Waals surface area contributed by atoms with Gasteiger partial charge in [0.25, 0.3) is 6.43 Å². The number of aryl methyl sites for hydroxylation is 1. The summed E-state index contributed by atoms with van der Waals surface area (Å²) in [6.45, 7) is 3.88. The summed E-state index contributed by atoms with van der Waals surface area (Å²) in [6.07, 6.45) is 3.05. The van der Waals surface area contributed by atoms with Crippen molar-refractivity contribution in [2.45, 2.75) is 45.1 Å². The van der Waals surface area contributed by atoms with Crippen LogP contribution in [0.2, 0.25) is 0 Å². The van der Waals surface area contributed by atoms with Gasteiger partial charge in [-0.3, -0.25) is 0 Å². The molecule has 33 heavy (non-hydrogen) atoms. The number of benzene rings is 1. The summed E-state index contributed by atoms with van der Waals surface area (Å²) < 4.78 is 43.3. The minimum absolute atomic E-state index is 0.0308. The monoisotopic (exact) mass is 457 g/mol. The predicted octanol–water partition coefficient (Wildman–Crippen LogP) is 5.32. The van der Waals surface area contributed by atoms with Crippen molar-refractivity contribution in [1.29, 1.82) is 0 Å². The molecule has 0 bridgehead atoms. The van der Waals surface area contributed by atoms with Gasteiger partial charge in [-0.1, -0.05) is 0 Å². The van der Waals surface area contributed by atoms with E-state index in [1.54, 1.807) is 13.1 Å². The lowest BCUT2D eigenvalue weighted by molar-refractivity contribution is 0.0252. The molecule has 0 radical (unpaired) electrons. The van der Waals surface area contributed by atoms with Gasteiger partial charge in [-0.25, -0.2) is 22.7 Å². The highest BCUT2D eigenvalue weighted by Gasteiger charge is 2.45. The zero-order valence-corrected chi connectivity index (χ0v) is 18.6. The molecule has 1 saturated heterocycles. The first-order chi connectivity index (χ1) is 15.7. The van der Waals surface area contributed by atoms with Gasteiger partial charge in [0, 0.05) is 5.56 Å². The zero-order valence-electron chi connectivity index (χ0n) is 18.6. The van der Waals surface area contributed by atoms with Gasteiger partial charge in [0.05, 0.1) is 34.9 Å². The summed E-state index contributed by atoms with van der Waals surface area (Å²) in [4.78, 5) is 6.44. The summed E-state index contributed by atoms with van der Waals surface area (Å²) >= 11 is 0. The van der Waals surface area contributed by atoms with Crippen molar-refractivity contribution in [3.8, 4) is 11.3 Å². The van der Waals surface area contributed by atoms with E-state index in [0.29, 0.717) is 11.1 Å². The molecule has 0 amide bonds. The number of aromatic nitrogens is 3. The second-order valence-electron chi connectivity index (χ2n) is 9.41. The third kappa shape index (κ3) is 4.07. The van der Waals surface area contributed by atoms with E-state index >= 15 is 0 Å². The molecule has 5 rings (SSSR count). The van der Waals surface area contributed by atoms with E-state index in [1.165, 1.54) is 22.7 Å². The Morgan fingerprint density at radius 3 is 2.58 bits per heavy atom. The second kappa shape index (κ2) is 8.09. The van der Waals surface area contributed by atoms with Crippen LogP contribution in [0.4, 0.5) is 24.5 Å². The summed E-state index contributed by atoms with van der Waals surface area (Å²) in [5.41, 5.74) is 7.30. The fourth-order valence-corrected chi connectivity index (χ4v) is 4.95. The van der Waals surface area contributed by atoms with Crippen LogP contribution in [0.25, 0.3) is 16.9 Å². The number of halogens is 3. The molecule has 10 heteroatoms. The number of fused-ring (bicyclic) bond motifs is 1. The van der Waals surface area contributed by atoms with Crippen LogP contribution in [-0.2, 0) is 0 Å². The lowest BCUT2D eigenvalue weighted by Gasteiger charge is -2.50. The van der Waals surface area contributed by atoms with Crippen LogP contribution in [0.1, 0.15) is 43.4 Å².